The molecule has 0 saturated heterocycles. The topological polar surface area (TPSA) is 66.1 Å². The van der Waals surface area contributed by atoms with Gasteiger partial charge in [-0.2, -0.15) is 0 Å². The van der Waals surface area contributed by atoms with E-state index < -0.39 is 0 Å². The molecule has 1 aliphatic rings. The molecule has 168 valence electrons. The molecule has 0 spiro atoms. The molecular formula is C26H25N3O2S2. The fourth-order valence-corrected chi connectivity index (χ4v) is 6.35. The number of aryl methyl sites for hydroxylation is 2. The molecule has 2 aromatic carbocycles. The Morgan fingerprint density at radius 3 is 2.33 bits per heavy atom. The van der Waals surface area contributed by atoms with E-state index in [9.17, 15) is 9.59 Å². The van der Waals surface area contributed by atoms with Crippen molar-refractivity contribution in [2.24, 2.45) is 0 Å². The zero-order chi connectivity index (χ0) is 22.6. The van der Waals surface area contributed by atoms with Crippen molar-refractivity contribution in [1.82, 2.24) is 14.9 Å². The molecule has 0 fully saturated rings. The lowest BCUT2D eigenvalue weighted by Crippen LogP contribution is -2.31. The summed E-state index contributed by atoms with van der Waals surface area (Å²) in [5, 5.41) is 0.772. The summed E-state index contributed by atoms with van der Waals surface area (Å²) in [6.07, 6.45) is 3.15. The summed E-state index contributed by atoms with van der Waals surface area (Å²) in [4.78, 5) is 37.5. The molecule has 0 atom stereocenters. The van der Waals surface area contributed by atoms with Crippen molar-refractivity contribution >= 4 is 39.2 Å². The first-order chi connectivity index (χ1) is 16.2. The van der Waals surface area contributed by atoms with Gasteiger partial charge in [0.1, 0.15) is 10.7 Å². The van der Waals surface area contributed by atoms with Crippen molar-refractivity contribution in [1.29, 1.82) is 0 Å². The van der Waals surface area contributed by atoms with Crippen LogP contribution in [0.4, 0.5) is 0 Å². The maximum Gasteiger partial charge on any atom is 0.259 e. The Hall–Kier alpha value is -2.90. The van der Waals surface area contributed by atoms with Crippen molar-refractivity contribution in [3.63, 3.8) is 0 Å². The van der Waals surface area contributed by atoms with Crippen LogP contribution in [0.15, 0.2) is 65.5 Å². The summed E-state index contributed by atoms with van der Waals surface area (Å²) in [5.41, 5.74) is 3.36. The first-order valence-corrected chi connectivity index (χ1v) is 13.1. The van der Waals surface area contributed by atoms with Crippen LogP contribution in [0, 0.1) is 0 Å². The van der Waals surface area contributed by atoms with Crippen LogP contribution in [0.25, 0.3) is 10.2 Å². The minimum absolute atomic E-state index is 0.0453. The van der Waals surface area contributed by atoms with Crippen molar-refractivity contribution in [3.05, 3.63) is 98.4 Å². The van der Waals surface area contributed by atoms with Crippen molar-refractivity contribution in [3.8, 4) is 0 Å². The maximum absolute atomic E-state index is 13.1. The van der Waals surface area contributed by atoms with Gasteiger partial charge in [-0.1, -0.05) is 60.7 Å². The molecule has 33 heavy (non-hydrogen) atoms. The number of hydrogen-bond acceptors (Lipinski definition) is 5. The van der Waals surface area contributed by atoms with Gasteiger partial charge < -0.3 is 9.88 Å². The Bertz CT molecular complexity index is 1270. The normalized spacial score (nSPS) is 12.7. The van der Waals surface area contributed by atoms with Crippen LogP contribution in [-0.2, 0) is 36.5 Å². The summed E-state index contributed by atoms with van der Waals surface area (Å²) in [6.45, 7) is 1.13. The molecule has 2 aromatic heterocycles. The molecular weight excluding hydrogens is 450 g/mol. The van der Waals surface area contributed by atoms with Crippen LogP contribution < -0.4 is 5.56 Å². The fraction of sp³-hybridized carbons (Fsp3) is 0.269. The third kappa shape index (κ3) is 5.04. The minimum atomic E-state index is -0.0453. The molecule has 5 rings (SSSR count). The molecule has 5 nitrogen and oxygen atoms in total. The first kappa shape index (κ1) is 21.9. The van der Waals surface area contributed by atoms with Gasteiger partial charge in [-0.15, -0.1) is 23.1 Å². The Kier molecular flexibility index (Phi) is 6.60. The third-order valence-electron chi connectivity index (χ3n) is 5.87. The van der Waals surface area contributed by atoms with Crippen LogP contribution in [0.1, 0.15) is 33.8 Å². The van der Waals surface area contributed by atoms with Gasteiger partial charge in [-0.05, 0) is 36.0 Å². The number of thioether (sulfide) groups is 1. The van der Waals surface area contributed by atoms with Crippen molar-refractivity contribution in [2.45, 2.75) is 38.1 Å². The van der Waals surface area contributed by atoms with Crippen LogP contribution in [0.5, 0.6) is 0 Å². The number of H-pyrrole nitrogens is 1. The van der Waals surface area contributed by atoms with Gasteiger partial charge in [0.2, 0.25) is 5.91 Å². The highest BCUT2D eigenvalue weighted by atomic mass is 32.2. The number of carbonyl (C=O) groups excluding carboxylic acids is 1. The number of fused-ring (bicyclic) bond motifs is 3. The minimum Gasteiger partial charge on any atom is -0.333 e. The molecule has 1 aliphatic carbocycles. The molecule has 0 saturated carbocycles. The number of aromatic amines is 1. The Labute approximate surface area is 200 Å². The van der Waals surface area contributed by atoms with E-state index in [2.05, 4.69) is 4.98 Å². The number of nitrogens with zero attached hydrogens (tertiary/aromatic N) is 2. The van der Waals surface area contributed by atoms with E-state index in [4.69, 9.17) is 4.98 Å². The second-order valence-corrected chi connectivity index (χ2v) is 10.3. The Balaban J connectivity index is 1.26. The zero-order valence-corrected chi connectivity index (χ0v) is 19.9. The van der Waals surface area contributed by atoms with Gasteiger partial charge in [0, 0.05) is 18.0 Å². The number of hydrogen-bond donors (Lipinski definition) is 1. The molecule has 1 N–H and O–H groups in total. The van der Waals surface area contributed by atoms with Crippen LogP contribution in [0.2, 0.25) is 0 Å². The van der Waals surface area contributed by atoms with Gasteiger partial charge in [0.25, 0.3) is 5.56 Å². The number of amides is 1. The number of rotatable bonds is 8. The number of nitrogens with one attached hydrogen (secondary N) is 1. The number of carbonyl (C=O) groups is 1. The summed E-state index contributed by atoms with van der Waals surface area (Å²) in [7, 11) is 0. The predicted octanol–water partition coefficient (Wildman–Crippen LogP) is 4.94. The predicted molar refractivity (Wildman–Crippen MR) is 136 cm³/mol. The highest BCUT2D eigenvalue weighted by Gasteiger charge is 2.21. The van der Waals surface area contributed by atoms with E-state index in [1.807, 2.05) is 65.6 Å². The number of benzene rings is 2. The van der Waals surface area contributed by atoms with Gasteiger partial charge in [-0.25, -0.2) is 4.98 Å². The lowest BCUT2D eigenvalue weighted by atomic mass is 10.1. The van der Waals surface area contributed by atoms with Gasteiger partial charge in [0.05, 0.1) is 16.9 Å². The molecule has 1 amide bonds. The van der Waals surface area contributed by atoms with Gasteiger partial charge in [-0.3, -0.25) is 9.59 Å². The van der Waals surface area contributed by atoms with Crippen LogP contribution >= 0.6 is 23.1 Å². The van der Waals surface area contributed by atoms with E-state index in [-0.39, 0.29) is 11.5 Å². The van der Waals surface area contributed by atoms with Crippen molar-refractivity contribution < 1.29 is 4.79 Å². The molecule has 0 aliphatic heterocycles. The molecule has 0 bridgehead atoms. The van der Waals surface area contributed by atoms with Gasteiger partial charge in [0.15, 0.2) is 0 Å². The molecule has 2 heterocycles. The highest BCUT2D eigenvalue weighted by molar-refractivity contribution is 7.99. The van der Waals surface area contributed by atoms with E-state index in [1.165, 1.54) is 22.2 Å². The summed E-state index contributed by atoms with van der Waals surface area (Å²) >= 11 is 3.14. The average Bonchev–Trinajstić information content (AvgIpc) is 3.41. The van der Waals surface area contributed by atoms with E-state index in [0.717, 1.165) is 40.6 Å². The summed E-state index contributed by atoms with van der Waals surface area (Å²) < 4.78 is 0. The van der Waals surface area contributed by atoms with Crippen LogP contribution in [-0.4, -0.2) is 26.5 Å². The van der Waals surface area contributed by atoms with Gasteiger partial charge >= 0.3 is 0 Å². The first-order valence-electron chi connectivity index (χ1n) is 11.1. The standard InChI is InChI=1S/C26H25N3O2S2/c30-23(29(14-18-8-3-1-4-9-18)15-19-10-5-2-6-11-19)17-32-16-22-27-25(31)24-20-12-7-13-21(20)33-26(24)28-22/h1-6,8-11H,7,12-17H2,(H,27,28,31). The second kappa shape index (κ2) is 9.93. The summed E-state index contributed by atoms with van der Waals surface area (Å²) in [5.74, 6) is 1.56. The molecule has 4 aromatic rings. The largest absolute Gasteiger partial charge is 0.333 e. The highest BCUT2D eigenvalue weighted by Crippen LogP contribution is 2.34. The molecule has 7 heteroatoms. The van der Waals surface area contributed by atoms with E-state index in [1.54, 1.807) is 11.3 Å². The fourth-order valence-electron chi connectivity index (χ4n) is 4.28. The monoisotopic (exact) mass is 475 g/mol. The zero-order valence-electron chi connectivity index (χ0n) is 18.3. The number of aromatic nitrogens is 2. The third-order valence-corrected chi connectivity index (χ3v) is 7.99. The van der Waals surface area contributed by atoms with Crippen LogP contribution in [0.3, 0.4) is 0 Å². The SMILES string of the molecule is O=C(CSCc1nc2sc3c(c2c(=O)[nH]1)CCC3)N(Cc1ccccc1)Cc1ccccc1. The average molecular weight is 476 g/mol. The molecule has 0 unspecified atom stereocenters. The summed E-state index contributed by atoms with van der Waals surface area (Å²) in [6, 6.07) is 20.1. The van der Waals surface area contributed by atoms with E-state index >= 15 is 0 Å². The smallest absolute Gasteiger partial charge is 0.259 e. The number of thiophene rings is 1. The van der Waals surface area contributed by atoms with E-state index in [0.29, 0.717) is 30.4 Å². The lowest BCUT2D eigenvalue weighted by molar-refractivity contribution is -0.129. The quantitative estimate of drug-likeness (QED) is 0.392. The molecule has 0 radical (unpaired) electrons. The Morgan fingerprint density at radius 2 is 1.67 bits per heavy atom. The Morgan fingerprint density at radius 1 is 1.00 bits per heavy atom. The lowest BCUT2D eigenvalue weighted by Gasteiger charge is -2.23. The second-order valence-electron chi connectivity index (χ2n) is 8.26. The van der Waals surface area contributed by atoms with Crippen molar-refractivity contribution in [2.75, 3.05) is 5.75 Å². The maximum atomic E-state index is 13.1.